The van der Waals surface area contributed by atoms with Gasteiger partial charge >= 0.3 is 0 Å². The van der Waals surface area contributed by atoms with Crippen LogP contribution in [0.5, 0.6) is 0 Å². The zero-order chi connectivity index (χ0) is 13.4. The molecule has 96 valence electrons. The highest BCUT2D eigenvalue weighted by atomic mass is 35.5. The Morgan fingerprint density at radius 1 is 1.11 bits per heavy atom. The smallest absolute Gasteiger partial charge is 0.141 e. The summed E-state index contributed by atoms with van der Waals surface area (Å²) in [6, 6.07) is 10.0. The summed E-state index contributed by atoms with van der Waals surface area (Å²) in [5.41, 5.74) is 8.73. The van der Waals surface area contributed by atoms with Gasteiger partial charge < -0.3 is 10.2 Å². The Bertz CT molecular complexity index is 751. The Balaban J connectivity index is 2.35. The van der Waals surface area contributed by atoms with Gasteiger partial charge in [-0.3, -0.25) is 0 Å². The van der Waals surface area contributed by atoms with Gasteiger partial charge in [0.1, 0.15) is 11.4 Å². The van der Waals surface area contributed by atoms with E-state index in [1.54, 1.807) is 24.5 Å². The quantitative estimate of drug-likeness (QED) is 0.755. The third-order valence-electron chi connectivity index (χ3n) is 3.10. The van der Waals surface area contributed by atoms with Gasteiger partial charge in [0, 0.05) is 22.5 Å². The van der Waals surface area contributed by atoms with Gasteiger partial charge in [-0.1, -0.05) is 17.7 Å². The van der Waals surface area contributed by atoms with Gasteiger partial charge in [-0.25, -0.2) is 4.39 Å². The molecule has 2 aromatic carbocycles. The van der Waals surface area contributed by atoms with Crippen molar-refractivity contribution in [3.05, 3.63) is 59.1 Å². The summed E-state index contributed by atoms with van der Waals surface area (Å²) in [4.78, 5) is 0. The van der Waals surface area contributed by atoms with E-state index in [0.29, 0.717) is 22.7 Å². The summed E-state index contributed by atoms with van der Waals surface area (Å²) in [6.45, 7) is 0.352. The second-order valence-electron chi connectivity index (χ2n) is 4.30. The molecule has 0 fully saturated rings. The molecule has 0 spiro atoms. The molecular weight excluding hydrogens is 265 g/mol. The fraction of sp³-hybridized carbons (Fsp3) is 0.0667. The maximum Gasteiger partial charge on any atom is 0.141 e. The number of hydrogen-bond donors (Lipinski definition) is 1. The number of furan rings is 1. The van der Waals surface area contributed by atoms with Crippen LogP contribution < -0.4 is 5.73 Å². The maximum atomic E-state index is 13.7. The third kappa shape index (κ3) is 2.11. The van der Waals surface area contributed by atoms with Crippen LogP contribution in [0.15, 0.2) is 47.1 Å². The van der Waals surface area contributed by atoms with Crippen molar-refractivity contribution in [3.63, 3.8) is 0 Å². The highest BCUT2D eigenvalue weighted by Gasteiger charge is 2.13. The molecule has 0 radical (unpaired) electrons. The van der Waals surface area contributed by atoms with Crippen LogP contribution in [0.3, 0.4) is 0 Å². The molecule has 4 heteroatoms. The van der Waals surface area contributed by atoms with Crippen LogP contribution in [0.2, 0.25) is 5.02 Å². The molecule has 0 bridgehead atoms. The van der Waals surface area contributed by atoms with Crippen LogP contribution in [-0.4, -0.2) is 0 Å². The van der Waals surface area contributed by atoms with E-state index in [2.05, 4.69) is 0 Å². The minimum absolute atomic E-state index is 0.313. The summed E-state index contributed by atoms with van der Waals surface area (Å²) in [6.07, 6.45) is 1.54. The van der Waals surface area contributed by atoms with Crippen LogP contribution in [0.25, 0.3) is 22.1 Å². The van der Waals surface area contributed by atoms with Crippen molar-refractivity contribution in [3.8, 4) is 11.1 Å². The number of benzene rings is 2. The van der Waals surface area contributed by atoms with Gasteiger partial charge in [0.05, 0.1) is 6.26 Å². The van der Waals surface area contributed by atoms with Crippen LogP contribution in [0, 0.1) is 5.82 Å². The molecule has 0 aliphatic carbocycles. The first-order valence-corrected chi connectivity index (χ1v) is 6.22. The molecule has 2 N–H and O–H groups in total. The van der Waals surface area contributed by atoms with E-state index in [1.807, 2.05) is 6.07 Å². The zero-order valence-electron chi connectivity index (χ0n) is 9.99. The highest BCUT2D eigenvalue weighted by Crippen LogP contribution is 2.34. The Kier molecular flexibility index (Phi) is 3.01. The molecule has 3 rings (SSSR count). The Morgan fingerprint density at radius 2 is 1.95 bits per heavy atom. The van der Waals surface area contributed by atoms with Gasteiger partial charge in [-0.2, -0.15) is 0 Å². The van der Waals surface area contributed by atoms with Gasteiger partial charge in [0.15, 0.2) is 0 Å². The van der Waals surface area contributed by atoms with E-state index in [0.717, 1.165) is 16.5 Å². The zero-order valence-corrected chi connectivity index (χ0v) is 10.7. The SMILES string of the molecule is NCc1ccc(Cl)cc1-c1cc(F)cc2ccoc12. The van der Waals surface area contributed by atoms with Crippen LogP contribution >= 0.6 is 11.6 Å². The number of nitrogens with two attached hydrogens (primary N) is 1. The van der Waals surface area contributed by atoms with Crippen molar-refractivity contribution in [1.82, 2.24) is 0 Å². The Hall–Kier alpha value is -1.84. The predicted octanol–water partition coefficient (Wildman–Crippen LogP) is 4.35. The lowest BCUT2D eigenvalue weighted by atomic mass is 9.98. The highest BCUT2D eigenvalue weighted by molar-refractivity contribution is 6.31. The maximum absolute atomic E-state index is 13.7. The first kappa shape index (κ1) is 12.2. The minimum atomic E-state index is -0.313. The molecular formula is C15H11ClFNO. The molecule has 0 aliphatic heterocycles. The molecule has 0 saturated heterocycles. The number of halogens is 2. The van der Waals surface area contributed by atoms with E-state index in [-0.39, 0.29) is 5.82 Å². The van der Waals surface area contributed by atoms with Crippen molar-refractivity contribution in [2.75, 3.05) is 0 Å². The molecule has 19 heavy (non-hydrogen) atoms. The standard InChI is InChI=1S/C15H11ClFNO/c16-11-2-1-10(8-18)13(6-11)14-7-12(17)5-9-3-4-19-15(9)14/h1-7H,8,18H2. The number of fused-ring (bicyclic) bond motifs is 1. The van der Waals surface area contributed by atoms with E-state index in [9.17, 15) is 4.39 Å². The summed E-state index contributed by atoms with van der Waals surface area (Å²) in [5.74, 6) is -0.313. The predicted molar refractivity (Wildman–Crippen MR) is 74.5 cm³/mol. The van der Waals surface area contributed by atoms with E-state index in [1.165, 1.54) is 12.1 Å². The van der Waals surface area contributed by atoms with Crippen molar-refractivity contribution in [2.24, 2.45) is 5.73 Å². The molecule has 0 aliphatic rings. The molecule has 0 atom stereocenters. The van der Waals surface area contributed by atoms with Crippen molar-refractivity contribution >= 4 is 22.6 Å². The lowest BCUT2D eigenvalue weighted by Crippen LogP contribution is -1.99. The summed E-state index contributed by atoms with van der Waals surface area (Å²) in [7, 11) is 0. The molecule has 3 aromatic rings. The first-order valence-electron chi connectivity index (χ1n) is 5.84. The molecule has 0 unspecified atom stereocenters. The average molecular weight is 276 g/mol. The average Bonchev–Trinajstić information content (AvgIpc) is 2.85. The molecule has 1 aromatic heterocycles. The van der Waals surface area contributed by atoms with E-state index in [4.69, 9.17) is 21.8 Å². The van der Waals surface area contributed by atoms with Gasteiger partial charge in [0.25, 0.3) is 0 Å². The first-order chi connectivity index (χ1) is 9.19. The number of rotatable bonds is 2. The minimum Gasteiger partial charge on any atom is -0.464 e. The topological polar surface area (TPSA) is 39.2 Å². The van der Waals surface area contributed by atoms with E-state index < -0.39 is 0 Å². The molecule has 2 nitrogen and oxygen atoms in total. The second kappa shape index (κ2) is 4.68. The fourth-order valence-corrected chi connectivity index (χ4v) is 2.39. The Labute approximate surface area is 114 Å². The second-order valence-corrected chi connectivity index (χ2v) is 4.73. The van der Waals surface area contributed by atoms with Crippen molar-refractivity contribution in [1.29, 1.82) is 0 Å². The monoisotopic (exact) mass is 275 g/mol. The summed E-state index contributed by atoms with van der Waals surface area (Å²) in [5, 5.41) is 1.30. The van der Waals surface area contributed by atoms with Gasteiger partial charge in [-0.15, -0.1) is 0 Å². The van der Waals surface area contributed by atoms with Gasteiger partial charge in [0.2, 0.25) is 0 Å². The van der Waals surface area contributed by atoms with Crippen LogP contribution in [-0.2, 0) is 6.54 Å². The normalized spacial score (nSPS) is 11.1. The lowest BCUT2D eigenvalue weighted by molar-refractivity contribution is 0.611. The van der Waals surface area contributed by atoms with Crippen LogP contribution in [0.1, 0.15) is 5.56 Å². The lowest BCUT2D eigenvalue weighted by Gasteiger charge is -2.09. The van der Waals surface area contributed by atoms with E-state index >= 15 is 0 Å². The molecule has 0 amide bonds. The van der Waals surface area contributed by atoms with Crippen molar-refractivity contribution in [2.45, 2.75) is 6.54 Å². The Morgan fingerprint density at radius 3 is 2.74 bits per heavy atom. The van der Waals surface area contributed by atoms with Crippen molar-refractivity contribution < 1.29 is 8.81 Å². The van der Waals surface area contributed by atoms with Gasteiger partial charge in [-0.05, 0) is 41.5 Å². The largest absolute Gasteiger partial charge is 0.464 e. The fourth-order valence-electron chi connectivity index (χ4n) is 2.22. The molecule has 0 saturated carbocycles. The summed E-state index contributed by atoms with van der Waals surface area (Å²) >= 11 is 6.02. The van der Waals surface area contributed by atoms with Crippen LogP contribution in [0.4, 0.5) is 4.39 Å². The summed E-state index contributed by atoms with van der Waals surface area (Å²) < 4.78 is 19.1. The number of hydrogen-bond acceptors (Lipinski definition) is 2. The third-order valence-corrected chi connectivity index (χ3v) is 3.33. The molecule has 1 heterocycles.